The molecule has 0 fully saturated rings. The fraction of sp³-hybridized carbons (Fsp3) is 0.585. The van der Waals surface area contributed by atoms with E-state index in [-0.39, 0.29) is 105 Å². The number of alkyl carbamates (subject to hydrolysis) is 1. The van der Waals surface area contributed by atoms with Gasteiger partial charge in [0.2, 0.25) is 29.5 Å². The number of hydrazone groups is 1. The minimum atomic E-state index is -1.32. The number of ether oxygens (including phenoxy) is 2. The maximum absolute atomic E-state index is 15.0. The molecule has 0 aromatic heterocycles. The Kier molecular flexibility index (Phi) is 26.9. The number of amides is 8. The van der Waals surface area contributed by atoms with Gasteiger partial charge in [-0.05, 0) is 68.7 Å². The number of hydrogen-bond acceptors (Lipinski definition) is 16. The predicted octanol–water partition coefficient (Wildman–Crippen LogP) is 3.24. The number of nitrogens with one attached hydrogen (secondary N) is 7. The lowest BCUT2D eigenvalue weighted by atomic mass is 9.87. The number of hydrogen-bond donors (Lipinski definition) is 8. The van der Waals surface area contributed by atoms with Crippen molar-refractivity contribution < 1.29 is 66.2 Å². The van der Waals surface area contributed by atoms with Crippen molar-refractivity contribution in [3.05, 3.63) is 71.3 Å². The number of Topliss-reactive ketones (excluding diaryl/α,β-unsaturated/α-hetero) is 2. The summed E-state index contributed by atoms with van der Waals surface area (Å²) < 4.78 is 39.7. The first-order valence-corrected chi connectivity index (χ1v) is 26.9. The number of urea groups is 1. The number of benzene rings is 2. The standard InChI is InChI=1S/C53H79F2N11O12S/c1-10-22-52(7,40(67)20-25-58-43(70)30-50(3,4)5)62-31-41(68)51(6,11-2)63-39(46(56)73)32-78-48(74)61-26-21-42(69)59-27-28-60-45(72)34-77-33-44(71)57-24-15-23-53(35-16-13-12-14-17-35)66(49(75)65(8)76-9)64-47(79-53)37-29-36(54)18-19-38(37)55/h12-14,16-19,29,39,62-63H,10-11,15,20-28,30-34H2,1-9H3,(H2,56,73)(H,57,71)(H,58,70)(H,59,69)(H,60,72)(H,61,74)/t39?,51?,52?,53-/m0/s1. The monoisotopic (exact) mass is 1130 g/mol. The minimum absolute atomic E-state index is 0.0135. The van der Waals surface area contributed by atoms with Gasteiger partial charge in [-0.15, -0.1) is 0 Å². The summed E-state index contributed by atoms with van der Waals surface area (Å²) in [7, 11) is 2.67. The molecule has 4 atom stereocenters. The van der Waals surface area contributed by atoms with Gasteiger partial charge in [-0.25, -0.2) is 23.4 Å². The molecule has 0 aliphatic carbocycles. The van der Waals surface area contributed by atoms with Crippen LogP contribution in [0.3, 0.4) is 0 Å². The molecule has 9 N–H and O–H groups in total. The third kappa shape index (κ3) is 21.5. The molecule has 26 heteroatoms. The van der Waals surface area contributed by atoms with Gasteiger partial charge in [0.05, 0.1) is 24.7 Å². The summed E-state index contributed by atoms with van der Waals surface area (Å²) in [5.74, 6) is -4.60. The topological polar surface area (TPSA) is 310 Å². The SMILES string of the molecule is CCCC(C)(NCC(=O)C(C)(CC)NC(COC(=O)NCCC(=O)NCCNC(=O)COCC(=O)NCCC[C@@]1(c2ccccc2)SC(c2cc(F)ccc2F)=NN1C(=O)N(C)OC)C(N)=O)C(=O)CCNC(=O)CC(C)(C)C. The van der Waals surface area contributed by atoms with E-state index in [1.807, 2.05) is 27.7 Å². The van der Waals surface area contributed by atoms with E-state index >= 15 is 0 Å². The molecule has 1 heterocycles. The lowest BCUT2D eigenvalue weighted by Crippen LogP contribution is -2.62. The Morgan fingerprint density at radius 2 is 1.41 bits per heavy atom. The van der Waals surface area contributed by atoms with E-state index in [9.17, 15) is 51.9 Å². The molecule has 3 rings (SSSR count). The highest BCUT2D eigenvalue weighted by Gasteiger charge is 2.50. The second kappa shape index (κ2) is 31.8. The average Bonchev–Trinajstić information content (AvgIpc) is 4.02. The lowest BCUT2D eigenvalue weighted by Gasteiger charge is -2.37. The number of hydroxylamine groups is 2. The van der Waals surface area contributed by atoms with Crippen molar-refractivity contribution in [3.8, 4) is 0 Å². The summed E-state index contributed by atoms with van der Waals surface area (Å²) in [5, 5.41) is 25.6. The fourth-order valence-electron chi connectivity index (χ4n) is 8.02. The second-order valence-corrected chi connectivity index (χ2v) is 21.6. The van der Waals surface area contributed by atoms with E-state index in [0.29, 0.717) is 24.8 Å². The van der Waals surface area contributed by atoms with Crippen molar-refractivity contribution in [2.24, 2.45) is 16.3 Å². The summed E-state index contributed by atoms with van der Waals surface area (Å²) >= 11 is 1.06. The number of carbonyl (C=O) groups excluding carboxylic acids is 9. The zero-order valence-corrected chi connectivity index (χ0v) is 47.5. The molecule has 0 saturated carbocycles. The smallest absolute Gasteiger partial charge is 0.407 e. The molecule has 0 bridgehead atoms. The number of thioether (sulfide) groups is 1. The molecule has 0 spiro atoms. The molecule has 1 aliphatic heterocycles. The Balaban J connectivity index is 1.36. The van der Waals surface area contributed by atoms with Gasteiger partial charge in [0.15, 0.2) is 11.6 Å². The molecular formula is C53H79F2N11O12S. The van der Waals surface area contributed by atoms with Crippen LogP contribution in [0.15, 0.2) is 53.6 Å². The number of rotatable bonds is 34. The van der Waals surface area contributed by atoms with Crippen molar-refractivity contribution in [1.29, 1.82) is 0 Å². The number of carbonyl (C=O) groups is 9. The first-order chi connectivity index (χ1) is 37.2. The second-order valence-electron chi connectivity index (χ2n) is 20.4. The van der Waals surface area contributed by atoms with Gasteiger partial charge in [0.1, 0.15) is 47.4 Å². The van der Waals surface area contributed by atoms with Crippen LogP contribution in [0.1, 0.15) is 111 Å². The van der Waals surface area contributed by atoms with E-state index in [4.69, 9.17) is 20.0 Å². The number of halogens is 2. The Labute approximate surface area is 464 Å². The van der Waals surface area contributed by atoms with Crippen molar-refractivity contribution in [1.82, 2.24) is 47.3 Å². The zero-order chi connectivity index (χ0) is 59.0. The van der Waals surface area contributed by atoms with Crippen LogP contribution in [-0.4, -0.2) is 159 Å². The van der Waals surface area contributed by atoms with Crippen molar-refractivity contribution in [2.75, 3.05) is 73.2 Å². The lowest BCUT2D eigenvalue weighted by molar-refractivity contribution is -0.132. The van der Waals surface area contributed by atoms with Gasteiger partial charge in [-0.1, -0.05) is 83.1 Å². The number of nitrogens with two attached hydrogens (primary N) is 1. The quantitative estimate of drug-likeness (QED) is 0.0369. The Morgan fingerprint density at radius 3 is 2.01 bits per heavy atom. The van der Waals surface area contributed by atoms with E-state index < -0.39 is 89.2 Å². The summed E-state index contributed by atoms with van der Waals surface area (Å²) in [5.41, 5.74) is 3.51. The summed E-state index contributed by atoms with van der Waals surface area (Å²) in [6, 6.07) is 9.83. The summed E-state index contributed by atoms with van der Waals surface area (Å²) in [6.45, 7) is 11.2. The highest BCUT2D eigenvalue weighted by atomic mass is 32.2. The highest BCUT2D eigenvalue weighted by Crippen LogP contribution is 2.51. The van der Waals surface area contributed by atoms with Crippen LogP contribution >= 0.6 is 11.8 Å². The van der Waals surface area contributed by atoms with Crippen molar-refractivity contribution in [2.45, 2.75) is 122 Å². The van der Waals surface area contributed by atoms with Gasteiger partial charge in [-0.2, -0.15) is 10.1 Å². The maximum Gasteiger partial charge on any atom is 0.407 e. The molecule has 2 aromatic carbocycles. The number of primary amides is 1. The molecule has 2 aromatic rings. The normalized spacial score (nSPS) is 16.0. The third-order valence-electron chi connectivity index (χ3n) is 12.7. The first-order valence-electron chi connectivity index (χ1n) is 26.1. The molecule has 3 unspecified atom stereocenters. The molecule has 0 saturated heterocycles. The number of ketones is 2. The molecule has 23 nitrogen and oxygen atoms in total. The van der Waals surface area contributed by atoms with E-state index in [2.05, 4.69) is 42.3 Å². The fourth-order valence-corrected chi connectivity index (χ4v) is 9.44. The van der Waals surface area contributed by atoms with Crippen LogP contribution in [0, 0.1) is 17.0 Å². The summed E-state index contributed by atoms with van der Waals surface area (Å²) in [6.07, 6.45) is 0.991. The van der Waals surface area contributed by atoms with Gasteiger partial charge < -0.3 is 41.8 Å². The Morgan fingerprint density at radius 1 is 0.785 bits per heavy atom. The molecular weight excluding hydrogens is 1050 g/mol. The van der Waals surface area contributed by atoms with E-state index in [0.717, 1.165) is 40.0 Å². The van der Waals surface area contributed by atoms with Gasteiger partial charge >= 0.3 is 12.1 Å². The highest BCUT2D eigenvalue weighted by molar-refractivity contribution is 8.15. The van der Waals surface area contributed by atoms with Gasteiger partial charge in [0, 0.05) is 64.6 Å². The molecule has 0 radical (unpaired) electrons. The minimum Gasteiger partial charge on any atom is -0.447 e. The Hall–Kier alpha value is -6.61. The van der Waals surface area contributed by atoms with Crippen LogP contribution in [0.5, 0.6) is 0 Å². The van der Waals surface area contributed by atoms with Crippen LogP contribution in [-0.2, 0) is 52.7 Å². The maximum atomic E-state index is 15.0. The first kappa shape index (κ1) is 66.7. The average molecular weight is 1130 g/mol. The van der Waals surface area contributed by atoms with Gasteiger partial charge in [0.25, 0.3) is 0 Å². The largest absolute Gasteiger partial charge is 0.447 e. The summed E-state index contributed by atoms with van der Waals surface area (Å²) in [4.78, 5) is 119. The van der Waals surface area contributed by atoms with Gasteiger partial charge in [-0.3, -0.25) is 49.0 Å². The molecule has 8 amide bonds. The molecule has 1 aliphatic rings. The van der Waals surface area contributed by atoms with Crippen molar-refractivity contribution in [3.63, 3.8) is 0 Å². The van der Waals surface area contributed by atoms with Crippen LogP contribution in [0.25, 0.3) is 0 Å². The van der Waals surface area contributed by atoms with Crippen molar-refractivity contribution >= 4 is 70.0 Å². The molecule has 438 valence electrons. The Bertz CT molecular complexity index is 2470. The van der Waals surface area contributed by atoms with E-state index in [1.54, 1.807) is 51.1 Å². The zero-order valence-electron chi connectivity index (χ0n) is 46.7. The number of nitrogens with zero attached hydrogens (tertiary/aromatic N) is 3. The van der Waals surface area contributed by atoms with E-state index in [1.165, 1.54) is 14.2 Å². The van der Waals surface area contributed by atoms with Crippen LogP contribution < -0.4 is 43.0 Å². The third-order valence-corrected chi connectivity index (χ3v) is 14.1. The van der Waals surface area contributed by atoms with Crippen LogP contribution in [0.2, 0.25) is 0 Å². The predicted molar refractivity (Wildman–Crippen MR) is 292 cm³/mol. The molecule has 79 heavy (non-hydrogen) atoms. The van der Waals surface area contributed by atoms with Crippen LogP contribution in [0.4, 0.5) is 18.4 Å².